The first-order chi connectivity index (χ1) is 8.70. The average Bonchev–Trinajstić information content (AvgIpc) is 2.37. The van der Waals surface area contributed by atoms with E-state index in [-0.39, 0.29) is 19.1 Å². The Hall–Kier alpha value is -0.690. The van der Waals surface area contributed by atoms with Crippen LogP contribution in [-0.2, 0) is 14.3 Å². The smallest absolute Gasteiger partial charge is 0.233 e. The third kappa shape index (κ3) is 11.8. The van der Waals surface area contributed by atoms with Gasteiger partial charge in [-0.05, 0) is 6.42 Å². The second-order valence-electron chi connectivity index (χ2n) is 4.00. The highest BCUT2D eigenvalue weighted by molar-refractivity contribution is 5.77. The van der Waals surface area contributed by atoms with Gasteiger partial charge in [0.2, 0.25) is 5.91 Å². The van der Waals surface area contributed by atoms with Crippen LogP contribution in [-0.4, -0.2) is 63.7 Å². The topological polar surface area (TPSA) is 79.8 Å². The van der Waals surface area contributed by atoms with Gasteiger partial charge in [-0.15, -0.1) is 0 Å². The van der Waals surface area contributed by atoms with Gasteiger partial charge in [-0.1, -0.05) is 13.3 Å². The molecule has 0 heterocycles. The van der Waals surface area contributed by atoms with E-state index in [2.05, 4.69) is 17.6 Å². The molecule has 1 amide bonds. The molecule has 0 aromatic heterocycles. The van der Waals surface area contributed by atoms with Gasteiger partial charge in [0.05, 0.1) is 32.5 Å². The SMILES string of the molecule is CCCCOCCOCC(O)CNCC(=O)NC. The zero-order valence-corrected chi connectivity index (χ0v) is 11.4. The summed E-state index contributed by atoms with van der Waals surface area (Å²) in [5.74, 6) is -0.104. The number of ether oxygens (including phenoxy) is 2. The Kier molecular flexibility index (Phi) is 12.3. The number of carbonyl (C=O) groups is 1. The van der Waals surface area contributed by atoms with Crippen molar-refractivity contribution in [1.29, 1.82) is 0 Å². The molecule has 3 N–H and O–H groups in total. The van der Waals surface area contributed by atoms with E-state index < -0.39 is 6.10 Å². The van der Waals surface area contributed by atoms with Gasteiger partial charge in [0.1, 0.15) is 0 Å². The predicted octanol–water partition coefficient (Wildman–Crippen LogP) is -0.484. The number of likely N-dealkylation sites (N-methyl/N-ethyl adjacent to an activating group) is 1. The summed E-state index contributed by atoms with van der Waals surface area (Å²) in [6.45, 7) is 4.70. The average molecular weight is 262 g/mol. The second kappa shape index (κ2) is 12.8. The molecule has 0 rings (SSSR count). The van der Waals surface area contributed by atoms with Gasteiger partial charge in [0.25, 0.3) is 0 Å². The van der Waals surface area contributed by atoms with Crippen LogP contribution in [0, 0.1) is 0 Å². The first-order valence-electron chi connectivity index (χ1n) is 6.45. The summed E-state index contributed by atoms with van der Waals surface area (Å²) >= 11 is 0. The molecule has 0 aromatic rings. The van der Waals surface area contributed by atoms with E-state index in [1.165, 1.54) is 0 Å². The number of amides is 1. The van der Waals surface area contributed by atoms with Crippen molar-refractivity contribution in [3.05, 3.63) is 0 Å². The Labute approximate surface area is 109 Å². The number of hydrogen-bond acceptors (Lipinski definition) is 5. The molecular weight excluding hydrogens is 236 g/mol. The van der Waals surface area contributed by atoms with E-state index in [0.717, 1.165) is 19.4 Å². The molecule has 0 saturated carbocycles. The lowest BCUT2D eigenvalue weighted by atomic mass is 10.3. The van der Waals surface area contributed by atoms with Crippen LogP contribution in [0.1, 0.15) is 19.8 Å². The van der Waals surface area contributed by atoms with Crippen molar-refractivity contribution in [2.75, 3.05) is 46.6 Å². The van der Waals surface area contributed by atoms with E-state index in [1.54, 1.807) is 7.05 Å². The number of rotatable bonds is 12. The van der Waals surface area contributed by atoms with E-state index in [0.29, 0.717) is 19.8 Å². The third-order valence-corrected chi connectivity index (χ3v) is 2.27. The van der Waals surface area contributed by atoms with Gasteiger partial charge in [-0.3, -0.25) is 4.79 Å². The van der Waals surface area contributed by atoms with Crippen LogP contribution in [0.5, 0.6) is 0 Å². The van der Waals surface area contributed by atoms with Crippen molar-refractivity contribution >= 4 is 5.91 Å². The Morgan fingerprint density at radius 2 is 2.00 bits per heavy atom. The number of aliphatic hydroxyl groups is 1. The number of nitrogens with one attached hydrogen (secondary N) is 2. The molecule has 0 fully saturated rings. The van der Waals surface area contributed by atoms with Crippen molar-refractivity contribution in [2.24, 2.45) is 0 Å². The number of carbonyl (C=O) groups excluding carboxylic acids is 1. The van der Waals surface area contributed by atoms with Gasteiger partial charge in [0, 0.05) is 20.2 Å². The molecule has 0 saturated heterocycles. The Balaban J connectivity index is 3.21. The molecular formula is C12H26N2O4. The fourth-order valence-corrected chi connectivity index (χ4v) is 1.19. The van der Waals surface area contributed by atoms with Crippen molar-refractivity contribution in [3.8, 4) is 0 Å². The lowest BCUT2D eigenvalue weighted by molar-refractivity contribution is -0.119. The second-order valence-corrected chi connectivity index (χ2v) is 4.00. The van der Waals surface area contributed by atoms with E-state index >= 15 is 0 Å². The van der Waals surface area contributed by atoms with E-state index in [9.17, 15) is 9.90 Å². The first-order valence-corrected chi connectivity index (χ1v) is 6.45. The van der Waals surface area contributed by atoms with Crippen LogP contribution in [0.4, 0.5) is 0 Å². The van der Waals surface area contributed by atoms with Crippen molar-refractivity contribution in [1.82, 2.24) is 10.6 Å². The molecule has 0 aliphatic carbocycles. The van der Waals surface area contributed by atoms with Crippen LogP contribution >= 0.6 is 0 Å². The maximum Gasteiger partial charge on any atom is 0.233 e. The summed E-state index contributed by atoms with van der Waals surface area (Å²) in [7, 11) is 1.57. The van der Waals surface area contributed by atoms with Crippen LogP contribution in [0.15, 0.2) is 0 Å². The Morgan fingerprint density at radius 3 is 2.67 bits per heavy atom. The van der Waals surface area contributed by atoms with Crippen LogP contribution in [0.2, 0.25) is 0 Å². The largest absolute Gasteiger partial charge is 0.389 e. The normalized spacial score (nSPS) is 12.4. The highest BCUT2D eigenvalue weighted by Crippen LogP contribution is 1.89. The fraction of sp³-hybridized carbons (Fsp3) is 0.917. The summed E-state index contributed by atoms with van der Waals surface area (Å²) in [5, 5.41) is 14.8. The molecule has 0 spiro atoms. The molecule has 0 aliphatic rings. The maximum atomic E-state index is 10.9. The summed E-state index contributed by atoms with van der Waals surface area (Å²) in [4.78, 5) is 10.9. The van der Waals surface area contributed by atoms with Gasteiger partial charge >= 0.3 is 0 Å². The Morgan fingerprint density at radius 1 is 1.28 bits per heavy atom. The van der Waals surface area contributed by atoms with Crippen LogP contribution < -0.4 is 10.6 Å². The molecule has 0 aliphatic heterocycles. The van der Waals surface area contributed by atoms with E-state index in [1.807, 2.05) is 0 Å². The summed E-state index contributed by atoms with van der Waals surface area (Å²) in [6.07, 6.45) is 1.58. The number of unbranched alkanes of at least 4 members (excludes halogenated alkanes) is 1. The summed E-state index contributed by atoms with van der Waals surface area (Å²) in [5.41, 5.74) is 0. The van der Waals surface area contributed by atoms with Crippen molar-refractivity contribution in [3.63, 3.8) is 0 Å². The lowest BCUT2D eigenvalue weighted by Crippen LogP contribution is -2.37. The van der Waals surface area contributed by atoms with Gasteiger partial charge < -0.3 is 25.2 Å². The van der Waals surface area contributed by atoms with Crippen molar-refractivity contribution < 1.29 is 19.4 Å². The number of hydrogen-bond donors (Lipinski definition) is 3. The lowest BCUT2D eigenvalue weighted by Gasteiger charge is -2.12. The highest BCUT2D eigenvalue weighted by atomic mass is 16.5. The highest BCUT2D eigenvalue weighted by Gasteiger charge is 2.04. The molecule has 0 aromatic carbocycles. The molecule has 0 radical (unpaired) electrons. The molecule has 18 heavy (non-hydrogen) atoms. The van der Waals surface area contributed by atoms with Crippen LogP contribution in [0.3, 0.4) is 0 Å². The fourth-order valence-electron chi connectivity index (χ4n) is 1.19. The standard InChI is InChI=1S/C12H26N2O4/c1-3-4-5-17-6-7-18-10-11(15)8-14-9-12(16)13-2/h11,14-15H,3-10H2,1-2H3,(H,13,16). The maximum absolute atomic E-state index is 10.9. The molecule has 6 nitrogen and oxygen atoms in total. The number of aliphatic hydroxyl groups excluding tert-OH is 1. The minimum Gasteiger partial charge on any atom is -0.389 e. The zero-order valence-electron chi connectivity index (χ0n) is 11.4. The summed E-state index contributed by atoms with van der Waals surface area (Å²) < 4.78 is 10.6. The first kappa shape index (κ1) is 17.3. The molecule has 108 valence electrons. The summed E-state index contributed by atoms with van der Waals surface area (Å²) in [6, 6.07) is 0. The monoisotopic (exact) mass is 262 g/mol. The Bertz CT molecular complexity index is 203. The van der Waals surface area contributed by atoms with Crippen LogP contribution in [0.25, 0.3) is 0 Å². The van der Waals surface area contributed by atoms with Crippen molar-refractivity contribution in [2.45, 2.75) is 25.9 Å². The minimum atomic E-state index is -0.606. The van der Waals surface area contributed by atoms with E-state index in [4.69, 9.17) is 9.47 Å². The van der Waals surface area contributed by atoms with Gasteiger partial charge in [-0.25, -0.2) is 0 Å². The predicted molar refractivity (Wildman–Crippen MR) is 69.5 cm³/mol. The third-order valence-electron chi connectivity index (χ3n) is 2.27. The molecule has 0 bridgehead atoms. The quantitative estimate of drug-likeness (QED) is 0.414. The van der Waals surface area contributed by atoms with Gasteiger partial charge in [-0.2, -0.15) is 0 Å². The minimum absolute atomic E-state index is 0.104. The zero-order chi connectivity index (χ0) is 13.6. The molecule has 6 heteroatoms. The molecule has 1 unspecified atom stereocenters. The van der Waals surface area contributed by atoms with Gasteiger partial charge in [0.15, 0.2) is 0 Å². The molecule has 1 atom stereocenters.